The molecule has 0 spiro atoms. The third-order valence-corrected chi connectivity index (χ3v) is 2.39. The van der Waals surface area contributed by atoms with Gasteiger partial charge in [-0.2, -0.15) is 0 Å². The molecule has 88 valence electrons. The number of aromatic carboxylic acids is 1. The Morgan fingerprint density at radius 3 is 2.75 bits per heavy atom. The highest BCUT2D eigenvalue weighted by atomic mass is 16.4. The largest absolute Gasteiger partial charge is 0.478 e. The van der Waals surface area contributed by atoms with Gasteiger partial charge in [0.05, 0.1) is 11.3 Å². The molecule has 0 unspecified atom stereocenters. The van der Waals surface area contributed by atoms with Gasteiger partial charge in [0, 0.05) is 19.8 Å². The van der Waals surface area contributed by atoms with Crippen molar-refractivity contribution in [1.29, 1.82) is 0 Å². The molecular formula is C11H17N3O2. The van der Waals surface area contributed by atoms with Crippen LogP contribution >= 0.6 is 0 Å². The van der Waals surface area contributed by atoms with Crippen molar-refractivity contribution >= 4 is 11.9 Å². The highest BCUT2D eigenvalue weighted by Gasteiger charge is 2.11. The van der Waals surface area contributed by atoms with E-state index in [0.717, 1.165) is 19.4 Å². The Hall–Kier alpha value is -1.65. The van der Waals surface area contributed by atoms with Gasteiger partial charge in [0.25, 0.3) is 0 Å². The summed E-state index contributed by atoms with van der Waals surface area (Å²) in [6, 6.07) is 0. The van der Waals surface area contributed by atoms with Crippen LogP contribution in [0.15, 0.2) is 6.20 Å². The van der Waals surface area contributed by atoms with Crippen LogP contribution in [-0.4, -0.2) is 34.6 Å². The van der Waals surface area contributed by atoms with E-state index in [4.69, 9.17) is 5.11 Å². The van der Waals surface area contributed by atoms with Gasteiger partial charge in [-0.3, -0.25) is 0 Å². The molecule has 0 radical (unpaired) electrons. The first-order valence-electron chi connectivity index (χ1n) is 5.34. The van der Waals surface area contributed by atoms with E-state index in [0.29, 0.717) is 11.6 Å². The number of anilines is 1. The average molecular weight is 223 g/mol. The Morgan fingerprint density at radius 1 is 1.56 bits per heavy atom. The maximum Gasteiger partial charge on any atom is 0.339 e. The minimum atomic E-state index is -0.986. The van der Waals surface area contributed by atoms with Crippen molar-refractivity contribution in [3.63, 3.8) is 0 Å². The lowest BCUT2D eigenvalue weighted by Gasteiger charge is -2.16. The Bertz CT molecular complexity index is 379. The second kappa shape index (κ2) is 5.44. The number of aryl methyl sites for hydroxylation is 1. The van der Waals surface area contributed by atoms with E-state index >= 15 is 0 Å². The molecule has 0 fully saturated rings. The summed E-state index contributed by atoms with van der Waals surface area (Å²) in [6.07, 6.45) is 3.54. The molecule has 0 aromatic carbocycles. The molecule has 0 saturated carbocycles. The molecule has 1 heterocycles. The number of rotatable bonds is 5. The number of unbranched alkanes of at least 4 members (excludes halogenated alkanes) is 1. The summed E-state index contributed by atoms with van der Waals surface area (Å²) >= 11 is 0. The lowest BCUT2D eigenvalue weighted by Crippen LogP contribution is -2.21. The SMILES string of the molecule is CCCCN(C)c1ncc(C(=O)O)c(C)n1. The topological polar surface area (TPSA) is 66.3 Å². The van der Waals surface area contributed by atoms with E-state index in [2.05, 4.69) is 16.9 Å². The fourth-order valence-corrected chi connectivity index (χ4v) is 1.34. The first-order chi connectivity index (χ1) is 7.56. The van der Waals surface area contributed by atoms with Gasteiger partial charge in [0.1, 0.15) is 0 Å². The van der Waals surface area contributed by atoms with Gasteiger partial charge in [-0.25, -0.2) is 14.8 Å². The van der Waals surface area contributed by atoms with Crippen LogP contribution in [0, 0.1) is 6.92 Å². The maximum absolute atomic E-state index is 10.8. The lowest BCUT2D eigenvalue weighted by molar-refractivity contribution is 0.0695. The highest BCUT2D eigenvalue weighted by molar-refractivity contribution is 5.88. The van der Waals surface area contributed by atoms with Gasteiger partial charge in [0.2, 0.25) is 5.95 Å². The van der Waals surface area contributed by atoms with Crippen molar-refractivity contribution in [1.82, 2.24) is 9.97 Å². The number of hydrogen-bond acceptors (Lipinski definition) is 4. The monoisotopic (exact) mass is 223 g/mol. The molecule has 0 aliphatic carbocycles. The second-order valence-electron chi connectivity index (χ2n) is 3.75. The second-order valence-corrected chi connectivity index (χ2v) is 3.75. The maximum atomic E-state index is 10.8. The standard InChI is InChI=1S/C11H17N3O2/c1-4-5-6-14(3)11-12-7-9(10(15)16)8(2)13-11/h7H,4-6H2,1-3H3,(H,15,16). The quantitative estimate of drug-likeness (QED) is 0.823. The molecule has 5 nitrogen and oxygen atoms in total. The first kappa shape index (κ1) is 12.4. The lowest BCUT2D eigenvalue weighted by atomic mass is 10.2. The Balaban J connectivity index is 2.84. The molecule has 0 bridgehead atoms. The van der Waals surface area contributed by atoms with Crippen molar-refractivity contribution in [2.24, 2.45) is 0 Å². The van der Waals surface area contributed by atoms with Crippen LogP contribution in [0.3, 0.4) is 0 Å². The zero-order valence-electron chi connectivity index (χ0n) is 9.90. The number of carbonyl (C=O) groups is 1. The Kier molecular flexibility index (Phi) is 4.22. The predicted octanol–water partition coefficient (Wildman–Crippen LogP) is 1.72. The van der Waals surface area contributed by atoms with Crippen molar-refractivity contribution in [3.8, 4) is 0 Å². The van der Waals surface area contributed by atoms with Crippen LogP contribution < -0.4 is 4.90 Å². The van der Waals surface area contributed by atoms with Gasteiger partial charge in [-0.15, -0.1) is 0 Å². The third-order valence-electron chi connectivity index (χ3n) is 2.39. The smallest absolute Gasteiger partial charge is 0.339 e. The zero-order chi connectivity index (χ0) is 12.1. The highest BCUT2D eigenvalue weighted by Crippen LogP contribution is 2.10. The molecule has 1 N–H and O–H groups in total. The predicted molar refractivity (Wildman–Crippen MR) is 61.9 cm³/mol. The minimum absolute atomic E-state index is 0.160. The summed E-state index contributed by atoms with van der Waals surface area (Å²) in [5.74, 6) is -0.406. The number of nitrogens with zero attached hydrogens (tertiary/aromatic N) is 3. The molecule has 5 heteroatoms. The molecular weight excluding hydrogens is 206 g/mol. The molecule has 0 aliphatic rings. The molecule has 0 amide bonds. The summed E-state index contributed by atoms with van der Waals surface area (Å²) in [4.78, 5) is 20.9. The van der Waals surface area contributed by atoms with E-state index in [1.165, 1.54) is 6.20 Å². The normalized spacial score (nSPS) is 10.2. The van der Waals surface area contributed by atoms with Crippen LogP contribution in [0.2, 0.25) is 0 Å². The molecule has 16 heavy (non-hydrogen) atoms. The number of carboxylic acids is 1. The third kappa shape index (κ3) is 2.92. The molecule has 0 aliphatic heterocycles. The van der Waals surface area contributed by atoms with Crippen LogP contribution in [0.25, 0.3) is 0 Å². The summed E-state index contributed by atoms with van der Waals surface area (Å²) in [7, 11) is 1.91. The van der Waals surface area contributed by atoms with E-state index < -0.39 is 5.97 Å². The summed E-state index contributed by atoms with van der Waals surface area (Å²) < 4.78 is 0. The van der Waals surface area contributed by atoms with Gasteiger partial charge in [0.15, 0.2) is 0 Å². The van der Waals surface area contributed by atoms with E-state index in [9.17, 15) is 4.79 Å². The molecule has 1 aromatic heterocycles. The summed E-state index contributed by atoms with van der Waals surface area (Å²) in [5.41, 5.74) is 0.661. The van der Waals surface area contributed by atoms with E-state index in [1.807, 2.05) is 11.9 Å². The van der Waals surface area contributed by atoms with Crippen LogP contribution in [0.1, 0.15) is 35.8 Å². The van der Waals surface area contributed by atoms with Gasteiger partial charge in [-0.05, 0) is 13.3 Å². The van der Waals surface area contributed by atoms with Crippen molar-refractivity contribution in [3.05, 3.63) is 17.5 Å². The van der Waals surface area contributed by atoms with Crippen LogP contribution in [0.4, 0.5) is 5.95 Å². The molecule has 1 aromatic rings. The zero-order valence-corrected chi connectivity index (χ0v) is 9.90. The minimum Gasteiger partial charge on any atom is -0.478 e. The molecule has 1 rings (SSSR count). The van der Waals surface area contributed by atoms with Crippen molar-refractivity contribution in [2.45, 2.75) is 26.7 Å². The van der Waals surface area contributed by atoms with Gasteiger partial charge < -0.3 is 10.0 Å². The fraction of sp³-hybridized carbons (Fsp3) is 0.545. The fourth-order valence-electron chi connectivity index (χ4n) is 1.34. The summed E-state index contributed by atoms with van der Waals surface area (Å²) in [5, 5.41) is 8.84. The Labute approximate surface area is 95.1 Å². The van der Waals surface area contributed by atoms with Crippen molar-refractivity contribution < 1.29 is 9.90 Å². The Morgan fingerprint density at radius 2 is 2.25 bits per heavy atom. The first-order valence-corrected chi connectivity index (χ1v) is 5.34. The van der Waals surface area contributed by atoms with Gasteiger partial charge >= 0.3 is 5.97 Å². The average Bonchev–Trinajstić information content (AvgIpc) is 2.25. The van der Waals surface area contributed by atoms with Crippen molar-refractivity contribution in [2.75, 3.05) is 18.5 Å². The van der Waals surface area contributed by atoms with Crippen LogP contribution in [-0.2, 0) is 0 Å². The number of carboxylic acid groups (broad SMARTS) is 1. The number of hydrogen-bond donors (Lipinski definition) is 1. The summed E-state index contributed by atoms with van der Waals surface area (Å²) in [6.45, 7) is 4.68. The van der Waals surface area contributed by atoms with Gasteiger partial charge in [-0.1, -0.05) is 13.3 Å². The van der Waals surface area contributed by atoms with Crippen LogP contribution in [0.5, 0.6) is 0 Å². The molecule has 0 atom stereocenters. The number of aromatic nitrogens is 2. The van der Waals surface area contributed by atoms with E-state index in [1.54, 1.807) is 6.92 Å². The van der Waals surface area contributed by atoms with E-state index in [-0.39, 0.29) is 5.56 Å². The molecule has 0 saturated heterocycles.